The number of sulfonamides is 1. The SMILES string of the molecule is Cc1ccc(S(=O)(=O)N2CCN(CC(=O)NCc3ccccc3C)CC2)s1. The molecule has 0 bridgehead atoms. The Hall–Kier alpha value is -1.74. The molecule has 1 amide bonds. The molecule has 6 nitrogen and oxygen atoms in total. The van der Waals surface area contributed by atoms with Crippen LogP contribution in [0, 0.1) is 13.8 Å². The Morgan fingerprint density at radius 2 is 1.78 bits per heavy atom. The second kappa shape index (κ2) is 8.52. The summed E-state index contributed by atoms with van der Waals surface area (Å²) >= 11 is 1.30. The van der Waals surface area contributed by atoms with E-state index in [1.165, 1.54) is 15.6 Å². The van der Waals surface area contributed by atoms with Crippen molar-refractivity contribution in [1.82, 2.24) is 14.5 Å². The van der Waals surface area contributed by atoms with Gasteiger partial charge in [0.15, 0.2) is 0 Å². The van der Waals surface area contributed by atoms with Gasteiger partial charge in [0.1, 0.15) is 4.21 Å². The van der Waals surface area contributed by atoms with Gasteiger partial charge in [0.05, 0.1) is 6.54 Å². The van der Waals surface area contributed by atoms with Gasteiger partial charge in [0, 0.05) is 37.6 Å². The first-order valence-corrected chi connectivity index (χ1v) is 11.2. The Balaban J connectivity index is 1.48. The summed E-state index contributed by atoms with van der Waals surface area (Å²) in [6, 6.07) is 11.5. The maximum Gasteiger partial charge on any atom is 0.252 e. The van der Waals surface area contributed by atoms with E-state index in [-0.39, 0.29) is 12.5 Å². The molecule has 0 radical (unpaired) electrons. The van der Waals surface area contributed by atoms with Crippen molar-refractivity contribution in [3.05, 3.63) is 52.4 Å². The zero-order valence-corrected chi connectivity index (χ0v) is 17.3. The maximum atomic E-state index is 12.7. The molecule has 0 unspecified atom stereocenters. The van der Waals surface area contributed by atoms with Crippen LogP contribution in [0.3, 0.4) is 0 Å². The fourth-order valence-corrected chi connectivity index (χ4v) is 5.93. The molecule has 2 aromatic rings. The predicted octanol–water partition coefficient (Wildman–Crippen LogP) is 1.99. The molecule has 2 heterocycles. The molecule has 0 saturated carbocycles. The first kappa shape index (κ1) is 20.0. The number of thiophene rings is 1. The van der Waals surface area contributed by atoms with E-state index in [2.05, 4.69) is 5.32 Å². The number of aryl methyl sites for hydroxylation is 2. The minimum absolute atomic E-state index is 0.0385. The van der Waals surface area contributed by atoms with Crippen molar-refractivity contribution >= 4 is 27.3 Å². The van der Waals surface area contributed by atoms with Crippen molar-refractivity contribution in [3.63, 3.8) is 0 Å². The lowest BCUT2D eigenvalue weighted by Crippen LogP contribution is -2.50. The zero-order valence-electron chi connectivity index (χ0n) is 15.6. The summed E-state index contributed by atoms with van der Waals surface area (Å²) in [5.74, 6) is -0.0385. The third-order valence-corrected chi connectivity index (χ3v) is 8.11. The molecule has 0 spiro atoms. The van der Waals surface area contributed by atoms with Crippen LogP contribution in [-0.2, 0) is 21.4 Å². The van der Waals surface area contributed by atoms with Gasteiger partial charge in [-0.2, -0.15) is 4.31 Å². The molecule has 8 heteroatoms. The summed E-state index contributed by atoms with van der Waals surface area (Å²) in [5.41, 5.74) is 2.26. The number of carbonyl (C=O) groups is 1. The molecule has 0 aliphatic carbocycles. The van der Waals surface area contributed by atoms with Crippen molar-refractivity contribution < 1.29 is 13.2 Å². The lowest BCUT2D eigenvalue weighted by atomic mass is 10.1. The topological polar surface area (TPSA) is 69.7 Å². The molecule has 1 N–H and O–H groups in total. The molecule has 27 heavy (non-hydrogen) atoms. The third-order valence-electron chi connectivity index (χ3n) is 4.75. The van der Waals surface area contributed by atoms with E-state index in [0.717, 1.165) is 16.0 Å². The average molecular weight is 408 g/mol. The van der Waals surface area contributed by atoms with E-state index in [9.17, 15) is 13.2 Å². The molecule has 1 aromatic heterocycles. The van der Waals surface area contributed by atoms with E-state index in [4.69, 9.17) is 0 Å². The molecule has 1 fully saturated rings. The quantitative estimate of drug-likeness (QED) is 0.795. The van der Waals surface area contributed by atoms with Crippen LogP contribution in [0.1, 0.15) is 16.0 Å². The highest BCUT2D eigenvalue weighted by molar-refractivity contribution is 7.91. The molecule has 146 valence electrons. The summed E-state index contributed by atoms with van der Waals surface area (Å²) in [6.07, 6.45) is 0. The number of carbonyl (C=O) groups excluding carboxylic acids is 1. The van der Waals surface area contributed by atoms with Crippen LogP contribution < -0.4 is 5.32 Å². The zero-order chi connectivity index (χ0) is 19.4. The van der Waals surface area contributed by atoms with E-state index in [1.54, 1.807) is 6.07 Å². The number of hydrogen-bond donors (Lipinski definition) is 1. The van der Waals surface area contributed by atoms with Gasteiger partial charge in [-0.05, 0) is 37.1 Å². The number of nitrogens with zero attached hydrogens (tertiary/aromatic N) is 2. The third kappa shape index (κ3) is 4.95. The van der Waals surface area contributed by atoms with Gasteiger partial charge in [0.25, 0.3) is 10.0 Å². The first-order valence-electron chi connectivity index (χ1n) is 8.96. The smallest absolute Gasteiger partial charge is 0.252 e. The van der Waals surface area contributed by atoms with E-state index >= 15 is 0 Å². The molecular formula is C19H25N3O3S2. The van der Waals surface area contributed by atoms with E-state index in [1.807, 2.05) is 49.1 Å². The minimum atomic E-state index is -3.42. The summed E-state index contributed by atoms with van der Waals surface area (Å²) in [7, 11) is -3.42. The second-order valence-electron chi connectivity index (χ2n) is 6.75. The van der Waals surface area contributed by atoms with Crippen LogP contribution in [0.15, 0.2) is 40.6 Å². The van der Waals surface area contributed by atoms with Gasteiger partial charge in [-0.25, -0.2) is 8.42 Å². The Morgan fingerprint density at radius 3 is 2.41 bits per heavy atom. The molecule has 1 saturated heterocycles. The van der Waals surface area contributed by atoms with Crippen LogP contribution >= 0.6 is 11.3 Å². The Labute approximate surface area is 164 Å². The maximum absolute atomic E-state index is 12.7. The van der Waals surface area contributed by atoms with Crippen LogP contribution in [0.5, 0.6) is 0 Å². The molecule has 0 atom stereocenters. The Bertz CT molecular complexity index is 900. The monoisotopic (exact) mass is 407 g/mol. The van der Waals surface area contributed by atoms with Gasteiger partial charge in [-0.15, -0.1) is 11.3 Å². The van der Waals surface area contributed by atoms with Crippen molar-refractivity contribution in [2.24, 2.45) is 0 Å². The van der Waals surface area contributed by atoms with Gasteiger partial charge in [0.2, 0.25) is 5.91 Å². The fourth-order valence-electron chi connectivity index (χ4n) is 3.07. The average Bonchev–Trinajstić information content (AvgIpc) is 3.09. The number of nitrogens with one attached hydrogen (secondary N) is 1. The Kier molecular flexibility index (Phi) is 6.31. The largest absolute Gasteiger partial charge is 0.351 e. The highest BCUT2D eigenvalue weighted by Crippen LogP contribution is 2.25. The number of hydrogen-bond acceptors (Lipinski definition) is 5. The van der Waals surface area contributed by atoms with Gasteiger partial charge < -0.3 is 5.32 Å². The van der Waals surface area contributed by atoms with Gasteiger partial charge in [-0.1, -0.05) is 24.3 Å². The van der Waals surface area contributed by atoms with Gasteiger partial charge >= 0.3 is 0 Å². The van der Waals surface area contributed by atoms with Crippen molar-refractivity contribution in [3.8, 4) is 0 Å². The molecule has 3 rings (SSSR count). The number of amides is 1. The summed E-state index contributed by atoms with van der Waals surface area (Å²) < 4.78 is 27.2. The lowest BCUT2D eigenvalue weighted by molar-refractivity contribution is -0.122. The fraction of sp³-hybridized carbons (Fsp3) is 0.421. The first-order chi connectivity index (χ1) is 12.9. The summed E-state index contributed by atoms with van der Waals surface area (Å²) in [5, 5.41) is 2.95. The molecule has 1 aliphatic heterocycles. The molecular weight excluding hydrogens is 382 g/mol. The van der Waals surface area contributed by atoms with E-state index in [0.29, 0.717) is 36.9 Å². The number of benzene rings is 1. The number of piperazine rings is 1. The highest BCUT2D eigenvalue weighted by atomic mass is 32.2. The van der Waals surface area contributed by atoms with Crippen LogP contribution in [0.4, 0.5) is 0 Å². The van der Waals surface area contributed by atoms with Crippen molar-refractivity contribution in [2.45, 2.75) is 24.6 Å². The van der Waals surface area contributed by atoms with Crippen LogP contribution in [0.2, 0.25) is 0 Å². The second-order valence-corrected chi connectivity index (χ2v) is 10.2. The normalized spacial score (nSPS) is 16.4. The summed E-state index contributed by atoms with van der Waals surface area (Å²) in [4.78, 5) is 15.2. The molecule has 1 aliphatic rings. The number of rotatable bonds is 6. The highest BCUT2D eigenvalue weighted by Gasteiger charge is 2.29. The van der Waals surface area contributed by atoms with Crippen LogP contribution in [-0.4, -0.2) is 56.3 Å². The molecule has 1 aromatic carbocycles. The van der Waals surface area contributed by atoms with Crippen LogP contribution in [0.25, 0.3) is 0 Å². The predicted molar refractivity (Wildman–Crippen MR) is 107 cm³/mol. The van der Waals surface area contributed by atoms with E-state index < -0.39 is 10.0 Å². The van der Waals surface area contributed by atoms with Crippen molar-refractivity contribution in [2.75, 3.05) is 32.7 Å². The minimum Gasteiger partial charge on any atom is -0.351 e. The van der Waals surface area contributed by atoms with Crippen molar-refractivity contribution in [1.29, 1.82) is 0 Å². The Morgan fingerprint density at radius 1 is 1.07 bits per heavy atom. The van der Waals surface area contributed by atoms with Gasteiger partial charge in [-0.3, -0.25) is 9.69 Å². The lowest BCUT2D eigenvalue weighted by Gasteiger charge is -2.33. The standard InChI is InChI=1S/C19H25N3O3S2/c1-15-5-3-4-6-17(15)13-20-18(23)14-21-9-11-22(12-10-21)27(24,25)19-8-7-16(2)26-19/h3-8H,9-14H2,1-2H3,(H,20,23). The summed E-state index contributed by atoms with van der Waals surface area (Å²) in [6.45, 7) is 6.65.